The Morgan fingerprint density at radius 3 is 1.09 bits per heavy atom. The van der Waals surface area contributed by atoms with Crippen molar-refractivity contribution in [2.24, 2.45) is 0 Å². The molecule has 0 rings (SSSR count). The second kappa shape index (κ2) is 13.6. The average molecular weight is 365 g/mol. The van der Waals surface area contributed by atoms with Gasteiger partial charge in [0.15, 0.2) is 0 Å². The van der Waals surface area contributed by atoms with E-state index >= 15 is 0 Å². The highest BCUT2D eigenvalue weighted by atomic mass is 28.2. The van der Waals surface area contributed by atoms with Crippen LogP contribution in [0.5, 0.6) is 0 Å². The van der Waals surface area contributed by atoms with Crippen molar-refractivity contribution >= 4 is 19.0 Å². The molecule has 0 aliphatic rings. The van der Waals surface area contributed by atoms with Crippen molar-refractivity contribution in [3.05, 3.63) is 0 Å². The predicted molar refractivity (Wildman–Crippen MR) is 104 cm³/mol. The Morgan fingerprint density at radius 2 is 0.870 bits per heavy atom. The van der Waals surface area contributed by atoms with Crippen molar-refractivity contribution in [2.75, 3.05) is 26.4 Å². The van der Waals surface area contributed by atoms with Gasteiger partial charge in [-0.3, -0.25) is 0 Å². The van der Waals surface area contributed by atoms with Gasteiger partial charge in [0.25, 0.3) is 0 Å². The molecule has 0 fully saturated rings. The van der Waals surface area contributed by atoms with Gasteiger partial charge in [0, 0.05) is 26.4 Å². The van der Waals surface area contributed by atoms with E-state index in [9.17, 15) is 0 Å². The van der Waals surface area contributed by atoms with Crippen LogP contribution in [0, 0.1) is 0 Å². The van der Waals surface area contributed by atoms with E-state index in [1.54, 1.807) is 0 Å². The maximum absolute atomic E-state index is 5.97. The molecule has 0 saturated heterocycles. The highest BCUT2D eigenvalue weighted by Crippen LogP contribution is 2.22. The Balaban J connectivity index is 4.30. The fraction of sp³-hybridized carbons (Fsp3) is 1.00. The molecule has 0 N–H and O–H groups in total. The maximum Gasteiger partial charge on any atom is 0.144 e. The zero-order valence-corrected chi connectivity index (χ0v) is 19.2. The van der Waals surface area contributed by atoms with E-state index < -0.39 is 19.0 Å². The Hall–Kier alpha value is 0.274. The van der Waals surface area contributed by atoms with Crippen LogP contribution in [0.1, 0.15) is 60.8 Å². The molecule has 0 unspecified atom stereocenters. The quantitative estimate of drug-likeness (QED) is 0.240. The molecule has 0 spiro atoms. The second-order valence-electron chi connectivity index (χ2n) is 5.82. The van der Waals surface area contributed by atoms with Gasteiger partial charge in [-0.2, -0.15) is 0 Å². The second-order valence-corrected chi connectivity index (χ2v) is 10.4. The molecule has 6 heteroatoms. The van der Waals surface area contributed by atoms with Crippen molar-refractivity contribution in [1.29, 1.82) is 0 Å². The smallest absolute Gasteiger partial charge is 0.144 e. The van der Waals surface area contributed by atoms with Crippen molar-refractivity contribution in [3.63, 3.8) is 0 Å². The molecule has 0 amide bonds. The highest BCUT2D eigenvalue weighted by molar-refractivity contribution is 6.41. The van der Waals surface area contributed by atoms with Gasteiger partial charge in [-0.05, 0) is 40.5 Å². The molecular weight excluding hydrogens is 324 g/mol. The summed E-state index contributed by atoms with van der Waals surface area (Å²) in [5, 5.41) is 0. The average Bonchev–Trinajstić information content (AvgIpc) is 2.55. The molecule has 0 aromatic heterocycles. The summed E-state index contributed by atoms with van der Waals surface area (Å²) >= 11 is 0. The van der Waals surface area contributed by atoms with Gasteiger partial charge in [-0.1, -0.05) is 32.4 Å². The van der Waals surface area contributed by atoms with Crippen LogP contribution in [-0.4, -0.2) is 56.3 Å². The van der Waals surface area contributed by atoms with Gasteiger partial charge in [0.05, 0.1) is 19.0 Å². The first-order chi connectivity index (χ1) is 11.1. The lowest BCUT2D eigenvalue weighted by molar-refractivity contribution is -0.177. The lowest BCUT2D eigenvalue weighted by Crippen LogP contribution is -2.43. The fourth-order valence-electron chi connectivity index (χ4n) is 3.15. The molecule has 0 aromatic carbocycles. The summed E-state index contributed by atoms with van der Waals surface area (Å²) in [5.74, 6) is 0. The molecule has 0 aromatic rings. The van der Waals surface area contributed by atoms with E-state index in [-0.39, 0.29) is 10.8 Å². The predicted octanol–water partition coefficient (Wildman–Crippen LogP) is 2.82. The minimum absolute atomic E-state index is 0.243. The molecule has 0 heterocycles. The van der Waals surface area contributed by atoms with Gasteiger partial charge in [0.2, 0.25) is 0 Å². The molecule has 4 nitrogen and oxygen atoms in total. The van der Waals surface area contributed by atoms with Crippen LogP contribution in [0.2, 0.25) is 12.1 Å². The Morgan fingerprint density at radius 1 is 0.565 bits per heavy atom. The van der Waals surface area contributed by atoms with Crippen LogP contribution >= 0.6 is 0 Å². The van der Waals surface area contributed by atoms with Crippen molar-refractivity contribution in [3.8, 4) is 0 Å². The van der Waals surface area contributed by atoms with Crippen molar-refractivity contribution in [2.45, 2.75) is 83.7 Å². The Kier molecular flexibility index (Phi) is 13.7. The zero-order valence-electron chi connectivity index (χ0n) is 16.4. The lowest BCUT2D eigenvalue weighted by atomic mass is 10.4. The molecule has 0 aliphatic heterocycles. The van der Waals surface area contributed by atoms with Crippen LogP contribution in [0.3, 0.4) is 0 Å². The topological polar surface area (TPSA) is 36.9 Å². The highest BCUT2D eigenvalue weighted by Gasteiger charge is 2.30. The van der Waals surface area contributed by atoms with Crippen molar-refractivity contribution in [1.82, 2.24) is 0 Å². The SMILES string of the molecule is CCOC(CC)(OCC)[SiH2]CCC[SiH2]C(CC)(OCC)OCC. The molecule has 0 aliphatic carbocycles. The van der Waals surface area contributed by atoms with E-state index in [4.69, 9.17) is 18.9 Å². The molecule has 0 radical (unpaired) electrons. The van der Waals surface area contributed by atoms with E-state index in [1.165, 1.54) is 18.5 Å². The van der Waals surface area contributed by atoms with Gasteiger partial charge < -0.3 is 18.9 Å². The molecule has 0 bridgehead atoms. The van der Waals surface area contributed by atoms with Crippen LogP contribution in [0.15, 0.2) is 0 Å². The van der Waals surface area contributed by atoms with E-state index in [1.807, 2.05) is 0 Å². The monoisotopic (exact) mass is 364 g/mol. The van der Waals surface area contributed by atoms with Crippen molar-refractivity contribution < 1.29 is 18.9 Å². The van der Waals surface area contributed by atoms with Gasteiger partial charge >= 0.3 is 0 Å². The number of hydrogen-bond acceptors (Lipinski definition) is 4. The van der Waals surface area contributed by atoms with Crippen LogP contribution in [0.4, 0.5) is 0 Å². The number of hydrogen-bond donors (Lipinski definition) is 0. The third-order valence-electron chi connectivity index (χ3n) is 4.32. The Bertz CT molecular complexity index is 239. The first kappa shape index (κ1) is 23.3. The fourth-order valence-corrected chi connectivity index (χ4v) is 8.24. The summed E-state index contributed by atoms with van der Waals surface area (Å²) in [6.07, 6.45) is 3.20. The van der Waals surface area contributed by atoms with Crippen LogP contribution in [-0.2, 0) is 18.9 Å². The zero-order chi connectivity index (χ0) is 17.6. The number of rotatable bonds is 16. The maximum atomic E-state index is 5.97. The standard InChI is InChI=1S/C17H40O4Si2/c1-7-16(18-9-3,19-10-4)22-14-13-15-23-17(8-2,20-11-5)21-12-6/h7-15,22-23H2,1-6H3. The minimum Gasteiger partial charge on any atom is -0.355 e. The molecule has 0 atom stereocenters. The van der Waals surface area contributed by atoms with E-state index in [0.29, 0.717) is 0 Å². The van der Waals surface area contributed by atoms with E-state index in [0.717, 1.165) is 39.3 Å². The molecule has 140 valence electrons. The van der Waals surface area contributed by atoms with Gasteiger partial charge in [-0.25, -0.2) is 0 Å². The first-order valence-electron chi connectivity index (χ1n) is 9.63. The summed E-state index contributed by atoms with van der Waals surface area (Å²) in [5.41, 5.74) is -0.487. The number of ether oxygens (including phenoxy) is 4. The normalized spacial score (nSPS) is 13.8. The molecule has 0 saturated carbocycles. The summed E-state index contributed by atoms with van der Waals surface area (Å²) in [6.45, 7) is 15.6. The van der Waals surface area contributed by atoms with Gasteiger partial charge in [0.1, 0.15) is 10.8 Å². The molecule has 23 heavy (non-hydrogen) atoms. The third-order valence-corrected chi connectivity index (χ3v) is 9.37. The van der Waals surface area contributed by atoms with E-state index in [2.05, 4.69) is 41.5 Å². The summed E-state index contributed by atoms with van der Waals surface area (Å²) in [4.78, 5) is 0. The first-order valence-corrected chi connectivity index (χ1v) is 13.0. The summed E-state index contributed by atoms with van der Waals surface area (Å²) in [7, 11) is -0.802. The van der Waals surface area contributed by atoms with Gasteiger partial charge in [-0.15, -0.1) is 0 Å². The lowest BCUT2D eigenvalue weighted by Gasteiger charge is -2.33. The third kappa shape index (κ3) is 8.79. The van der Waals surface area contributed by atoms with Crippen LogP contribution in [0.25, 0.3) is 0 Å². The minimum atomic E-state index is -0.401. The largest absolute Gasteiger partial charge is 0.355 e. The van der Waals surface area contributed by atoms with Crippen LogP contribution < -0.4 is 0 Å². The molecular formula is C17H40O4Si2. The Labute approximate surface area is 148 Å². The summed E-state index contributed by atoms with van der Waals surface area (Å²) in [6, 6.07) is 2.55. The summed E-state index contributed by atoms with van der Waals surface area (Å²) < 4.78 is 23.9.